The van der Waals surface area contributed by atoms with Gasteiger partial charge in [0.15, 0.2) is 0 Å². The van der Waals surface area contributed by atoms with Crippen LogP contribution in [0, 0.1) is 0 Å². The van der Waals surface area contributed by atoms with Gasteiger partial charge >= 0.3 is 5.97 Å². The second-order valence-corrected chi connectivity index (χ2v) is 4.90. The highest BCUT2D eigenvalue weighted by Gasteiger charge is 2.18. The molecule has 0 fully saturated rings. The molecule has 0 saturated carbocycles. The number of hydrogen-bond acceptors (Lipinski definition) is 3. The second-order valence-electron chi connectivity index (χ2n) is 4.90. The lowest BCUT2D eigenvalue weighted by molar-refractivity contribution is -0.123. The predicted octanol–water partition coefficient (Wildman–Crippen LogP) is 1.42. The summed E-state index contributed by atoms with van der Waals surface area (Å²) in [4.78, 5) is 34.7. The molecule has 2 unspecified atom stereocenters. The van der Waals surface area contributed by atoms with Gasteiger partial charge < -0.3 is 15.7 Å². The van der Waals surface area contributed by atoms with Crippen LogP contribution >= 0.6 is 0 Å². The van der Waals surface area contributed by atoms with Crippen molar-refractivity contribution in [3.05, 3.63) is 35.4 Å². The van der Waals surface area contributed by atoms with Crippen molar-refractivity contribution in [3.63, 3.8) is 0 Å². The second kappa shape index (κ2) is 7.42. The van der Waals surface area contributed by atoms with Crippen LogP contribution in [0.25, 0.3) is 0 Å². The molecule has 1 aromatic rings. The number of rotatable bonds is 6. The zero-order valence-electron chi connectivity index (χ0n) is 12.3. The van der Waals surface area contributed by atoms with E-state index >= 15 is 0 Å². The van der Waals surface area contributed by atoms with Crippen LogP contribution in [0.2, 0.25) is 0 Å². The zero-order chi connectivity index (χ0) is 16.0. The summed E-state index contributed by atoms with van der Waals surface area (Å²) in [5.74, 6) is -1.86. The van der Waals surface area contributed by atoms with Gasteiger partial charge in [-0.1, -0.05) is 13.0 Å². The van der Waals surface area contributed by atoms with E-state index in [-0.39, 0.29) is 23.1 Å². The Kier molecular flexibility index (Phi) is 5.90. The molecule has 0 radical (unpaired) electrons. The van der Waals surface area contributed by atoms with Gasteiger partial charge in [0.2, 0.25) is 5.91 Å². The Labute approximate surface area is 123 Å². The summed E-state index contributed by atoms with van der Waals surface area (Å²) >= 11 is 0. The summed E-state index contributed by atoms with van der Waals surface area (Å²) in [7, 11) is 0. The van der Waals surface area contributed by atoms with E-state index in [0.29, 0.717) is 0 Å². The van der Waals surface area contributed by atoms with Crippen molar-refractivity contribution in [3.8, 4) is 0 Å². The van der Waals surface area contributed by atoms with E-state index < -0.39 is 17.9 Å². The van der Waals surface area contributed by atoms with E-state index in [2.05, 4.69) is 10.6 Å². The Morgan fingerprint density at radius 3 is 2.33 bits per heavy atom. The molecule has 2 atom stereocenters. The third kappa shape index (κ3) is 4.91. The predicted molar refractivity (Wildman–Crippen MR) is 78.2 cm³/mol. The van der Waals surface area contributed by atoms with Crippen molar-refractivity contribution in [2.24, 2.45) is 0 Å². The highest BCUT2D eigenvalue weighted by molar-refractivity contribution is 5.99. The largest absolute Gasteiger partial charge is 0.478 e. The van der Waals surface area contributed by atoms with Crippen molar-refractivity contribution in [1.29, 1.82) is 0 Å². The molecule has 21 heavy (non-hydrogen) atoms. The first-order valence-electron chi connectivity index (χ1n) is 6.79. The van der Waals surface area contributed by atoms with Crippen LogP contribution < -0.4 is 10.6 Å². The van der Waals surface area contributed by atoms with E-state index in [1.807, 2.05) is 13.8 Å². The fraction of sp³-hybridized carbons (Fsp3) is 0.400. The van der Waals surface area contributed by atoms with Crippen LogP contribution in [-0.2, 0) is 4.79 Å². The lowest BCUT2D eigenvalue weighted by atomic mass is 10.1. The number of carboxylic acids is 1. The van der Waals surface area contributed by atoms with E-state index in [1.165, 1.54) is 24.3 Å². The highest BCUT2D eigenvalue weighted by Crippen LogP contribution is 2.06. The van der Waals surface area contributed by atoms with Gasteiger partial charge in [0.1, 0.15) is 6.04 Å². The third-order valence-corrected chi connectivity index (χ3v) is 3.11. The summed E-state index contributed by atoms with van der Waals surface area (Å²) in [6.07, 6.45) is 0.799. The number of carbonyl (C=O) groups is 3. The molecule has 0 aliphatic heterocycles. The van der Waals surface area contributed by atoms with Crippen LogP contribution in [0.1, 0.15) is 47.9 Å². The minimum absolute atomic E-state index is 0.0272. The van der Waals surface area contributed by atoms with Gasteiger partial charge in [-0.05, 0) is 38.5 Å². The van der Waals surface area contributed by atoms with Crippen LogP contribution in [0.4, 0.5) is 0 Å². The lowest BCUT2D eigenvalue weighted by Crippen LogP contribution is -2.47. The quantitative estimate of drug-likeness (QED) is 0.739. The van der Waals surface area contributed by atoms with E-state index in [1.54, 1.807) is 6.92 Å². The SMILES string of the molecule is CCC(C)NC(=O)C(C)NC(=O)c1cccc(C(=O)O)c1. The van der Waals surface area contributed by atoms with Crippen molar-refractivity contribution >= 4 is 17.8 Å². The first-order chi connectivity index (χ1) is 9.85. The molecule has 6 nitrogen and oxygen atoms in total. The Morgan fingerprint density at radius 2 is 1.76 bits per heavy atom. The molecule has 0 bridgehead atoms. The Hall–Kier alpha value is -2.37. The molecular formula is C15H20N2O4. The van der Waals surface area contributed by atoms with Gasteiger partial charge in [-0.25, -0.2) is 4.79 Å². The minimum atomic E-state index is -1.10. The summed E-state index contributed by atoms with van der Waals surface area (Å²) in [5, 5.41) is 14.2. The number of carboxylic acid groups (broad SMARTS) is 1. The van der Waals surface area contributed by atoms with Crippen molar-refractivity contribution in [1.82, 2.24) is 10.6 Å². The molecule has 6 heteroatoms. The molecular weight excluding hydrogens is 272 g/mol. The molecule has 0 saturated heterocycles. The van der Waals surface area contributed by atoms with E-state index in [4.69, 9.17) is 5.11 Å². The van der Waals surface area contributed by atoms with Gasteiger partial charge in [0.25, 0.3) is 5.91 Å². The Bertz CT molecular complexity index is 542. The van der Waals surface area contributed by atoms with Crippen molar-refractivity contribution in [2.75, 3.05) is 0 Å². The molecule has 1 aromatic carbocycles. The van der Waals surface area contributed by atoms with Gasteiger partial charge in [0.05, 0.1) is 5.56 Å². The monoisotopic (exact) mass is 292 g/mol. The van der Waals surface area contributed by atoms with Gasteiger partial charge in [-0.3, -0.25) is 9.59 Å². The highest BCUT2D eigenvalue weighted by atomic mass is 16.4. The summed E-state index contributed by atoms with van der Waals surface area (Å²) < 4.78 is 0. The number of carbonyl (C=O) groups excluding carboxylic acids is 2. The first kappa shape index (κ1) is 16.7. The third-order valence-electron chi connectivity index (χ3n) is 3.11. The molecule has 0 spiro atoms. The van der Waals surface area contributed by atoms with Crippen LogP contribution in [0.5, 0.6) is 0 Å². The maximum absolute atomic E-state index is 12.0. The zero-order valence-corrected chi connectivity index (χ0v) is 12.3. The molecule has 0 heterocycles. The van der Waals surface area contributed by atoms with Gasteiger partial charge in [-0.2, -0.15) is 0 Å². The fourth-order valence-electron chi connectivity index (χ4n) is 1.61. The molecule has 1 rings (SSSR count). The molecule has 2 amide bonds. The normalized spacial score (nSPS) is 13.1. The topological polar surface area (TPSA) is 95.5 Å². The van der Waals surface area contributed by atoms with Crippen molar-refractivity contribution in [2.45, 2.75) is 39.3 Å². The number of aromatic carboxylic acids is 1. The fourth-order valence-corrected chi connectivity index (χ4v) is 1.61. The Balaban J connectivity index is 2.70. The molecule has 0 aliphatic rings. The maximum Gasteiger partial charge on any atom is 0.335 e. The van der Waals surface area contributed by atoms with E-state index in [9.17, 15) is 14.4 Å². The number of nitrogens with one attached hydrogen (secondary N) is 2. The van der Waals surface area contributed by atoms with Gasteiger partial charge in [-0.15, -0.1) is 0 Å². The Morgan fingerprint density at radius 1 is 1.14 bits per heavy atom. The average molecular weight is 292 g/mol. The number of benzene rings is 1. The van der Waals surface area contributed by atoms with Crippen molar-refractivity contribution < 1.29 is 19.5 Å². The summed E-state index contributed by atoms with van der Waals surface area (Å²) in [5.41, 5.74) is 0.234. The number of hydrogen-bond donors (Lipinski definition) is 3. The number of amides is 2. The van der Waals surface area contributed by atoms with Crippen LogP contribution in [-0.4, -0.2) is 35.0 Å². The molecule has 0 aromatic heterocycles. The summed E-state index contributed by atoms with van der Waals surface area (Å²) in [6.45, 7) is 5.41. The minimum Gasteiger partial charge on any atom is -0.478 e. The average Bonchev–Trinajstić information content (AvgIpc) is 2.46. The van der Waals surface area contributed by atoms with Gasteiger partial charge in [0, 0.05) is 11.6 Å². The smallest absolute Gasteiger partial charge is 0.335 e. The van der Waals surface area contributed by atoms with E-state index in [0.717, 1.165) is 6.42 Å². The molecule has 0 aliphatic carbocycles. The maximum atomic E-state index is 12.0. The molecule has 3 N–H and O–H groups in total. The summed E-state index contributed by atoms with van der Waals surface area (Å²) in [6, 6.07) is 5.01. The lowest BCUT2D eigenvalue weighted by Gasteiger charge is -2.17. The molecule has 114 valence electrons. The van der Waals surface area contributed by atoms with Crippen LogP contribution in [0.3, 0.4) is 0 Å². The first-order valence-corrected chi connectivity index (χ1v) is 6.79. The van der Waals surface area contributed by atoms with Crippen LogP contribution in [0.15, 0.2) is 24.3 Å². The standard InChI is InChI=1S/C15H20N2O4/c1-4-9(2)16-13(18)10(3)17-14(19)11-6-5-7-12(8-11)15(20)21/h5-10H,4H2,1-3H3,(H,16,18)(H,17,19)(H,20,21).